The molecule has 0 radical (unpaired) electrons. The van der Waals surface area contributed by atoms with E-state index in [1.165, 1.54) is 12.0 Å². The van der Waals surface area contributed by atoms with Crippen LogP contribution < -0.4 is 4.90 Å². The quantitative estimate of drug-likeness (QED) is 0.575. The highest BCUT2D eigenvalue weighted by atomic mass is 16.6. The molecule has 3 rings (SSSR count). The highest BCUT2D eigenvalue weighted by Gasteiger charge is 2.67. The maximum atomic E-state index is 13.6. The summed E-state index contributed by atoms with van der Waals surface area (Å²) in [7, 11) is 1.34. The van der Waals surface area contributed by atoms with Crippen LogP contribution in [0.5, 0.6) is 0 Å². The van der Waals surface area contributed by atoms with E-state index in [4.69, 9.17) is 14.2 Å². The molecule has 0 N–H and O–H groups in total. The van der Waals surface area contributed by atoms with Crippen molar-refractivity contribution in [2.45, 2.75) is 38.8 Å². The molecule has 1 aromatic rings. The number of methoxy groups -OCH3 is 1. The van der Waals surface area contributed by atoms with Gasteiger partial charge in [0.05, 0.1) is 31.0 Å². The van der Waals surface area contributed by atoms with E-state index in [1.807, 2.05) is 0 Å². The Morgan fingerprint density at radius 2 is 1.79 bits per heavy atom. The van der Waals surface area contributed by atoms with Crippen molar-refractivity contribution in [3.63, 3.8) is 0 Å². The van der Waals surface area contributed by atoms with E-state index in [-0.39, 0.29) is 37.4 Å². The average Bonchev–Trinajstić information content (AvgIpc) is 2.68. The van der Waals surface area contributed by atoms with Gasteiger partial charge in [0, 0.05) is 25.5 Å². The zero-order valence-electron chi connectivity index (χ0n) is 16.1. The number of para-hydroxylation sites is 1. The smallest absolute Gasteiger partial charge is 0.414 e. The molecule has 3 atom stereocenters. The van der Waals surface area contributed by atoms with Gasteiger partial charge in [-0.1, -0.05) is 12.1 Å². The van der Waals surface area contributed by atoms with E-state index in [0.29, 0.717) is 5.69 Å². The Morgan fingerprint density at radius 1 is 1.11 bits per heavy atom. The summed E-state index contributed by atoms with van der Waals surface area (Å²) in [5.41, 5.74) is -1.34. The summed E-state index contributed by atoms with van der Waals surface area (Å²) in [4.78, 5) is 53.3. The molecule has 1 aromatic carbocycles. The highest BCUT2D eigenvalue weighted by Crippen LogP contribution is 2.50. The van der Waals surface area contributed by atoms with Crippen LogP contribution in [0, 0.1) is 5.41 Å². The van der Waals surface area contributed by atoms with Crippen LogP contribution >= 0.6 is 0 Å². The van der Waals surface area contributed by atoms with Gasteiger partial charge in [-0.3, -0.25) is 19.3 Å². The number of amides is 1. The summed E-state index contributed by atoms with van der Waals surface area (Å²) in [6, 6.07) is 5.38. The minimum atomic E-state index is -1.83. The second-order valence-corrected chi connectivity index (χ2v) is 6.69. The molecular formula is C20H23NO7. The number of carbonyl (C=O) groups is 4. The molecule has 28 heavy (non-hydrogen) atoms. The number of carbonyl (C=O) groups excluding carboxylic acids is 4. The van der Waals surface area contributed by atoms with Crippen LogP contribution in [0.2, 0.25) is 0 Å². The second kappa shape index (κ2) is 7.71. The third-order valence-electron chi connectivity index (χ3n) is 5.33. The van der Waals surface area contributed by atoms with E-state index in [1.54, 1.807) is 38.1 Å². The van der Waals surface area contributed by atoms with E-state index in [0.717, 1.165) is 0 Å². The van der Waals surface area contributed by atoms with Crippen molar-refractivity contribution in [1.29, 1.82) is 0 Å². The van der Waals surface area contributed by atoms with Gasteiger partial charge in [0.2, 0.25) is 0 Å². The maximum absolute atomic E-state index is 13.6. The lowest BCUT2D eigenvalue weighted by atomic mass is 9.61. The van der Waals surface area contributed by atoms with E-state index < -0.39 is 35.4 Å². The molecule has 1 aliphatic heterocycles. The number of rotatable bonds is 4. The van der Waals surface area contributed by atoms with Gasteiger partial charge in [0.1, 0.15) is 5.78 Å². The standard InChI is InChI=1S/C20H23NO7/c1-4-27-18(24)20-15(10-12(22)11-16(20)26-3)21(19(25)28-5-2)14-9-7-6-8-13(14)17(20)23/h6-9,15-16H,4-5,10-11H2,1-3H3/t15-,16+,20+/m0/s1. The number of ether oxygens (including phenoxy) is 3. The summed E-state index contributed by atoms with van der Waals surface area (Å²) in [6.45, 7) is 3.43. The van der Waals surface area contributed by atoms with Crippen LogP contribution in [-0.4, -0.2) is 56.1 Å². The minimum absolute atomic E-state index is 0.0476. The lowest BCUT2D eigenvalue weighted by Crippen LogP contribution is -2.69. The van der Waals surface area contributed by atoms with Gasteiger partial charge in [-0.2, -0.15) is 0 Å². The molecule has 1 fully saturated rings. The second-order valence-electron chi connectivity index (χ2n) is 6.69. The molecule has 1 saturated carbocycles. The Hall–Kier alpha value is -2.74. The highest BCUT2D eigenvalue weighted by molar-refractivity contribution is 6.21. The summed E-state index contributed by atoms with van der Waals surface area (Å²) < 4.78 is 15.9. The van der Waals surface area contributed by atoms with Gasteiger partial charge < -0.3 is 14.2 Å². The third kappa shape index (κ3) is 2.79. The predicted octanol–water partition coefficient (Wildman–Crippen LogP) is 2.14. The number of ketones is 2. The van der Waals surface area contributed by atoms with Gasteiger partial charge in [-0.05, 0) is 26.0 Å². The number of nitrogens with zero attached hydrogens (tertiary/aromatic N) is 1. The molecule has 0 saturated heterocycles. The van der Waals surface area contributed by atoms with Crippen LogP contribution in [0.15, 0.2) is 24.3 Å². The molecule has 1 heterocycles. The zero-order valence-corrected chi connectivity index (χ0v) is 16.1. The molecule has 1 amide bonds. The van der Waals surface area contributed by atoms with Crippen molar-refractivity contribution in [3.8, 4) is 0 Å². The normalized spacial score (nSPS) is 26.3. The Bertz CT molecular complexity index is 821. The van der Waals surface area contributed by atoms with Crippen molar-refractivity contribution < 1.29 is 33.4 Å². The maximum Gasteiger partial charge on any atom is 0.414 e. The van der Waals surface area contributed by atoms with Crippen LogP contribution in [0.1, 0.15) is 37.0 Å². The first-order valence-corrected chi connectivity index (χ1v) is 9.24. The fraction of sp³-hybridized carbons (Fsp3) is 0.500. The first kappa shape index (κ1) is 20.0. The van der Waals surface area contributed by atoms with Gasteiger partial charge in [0.15, 0.2) is 11.2 Å². The third-order valence-corrected chi connectivity index (χ3v) is 5.33. The molecule has 150 valence electrons. The first-order valence-electron chi connectivity index (χ1n) is 9.24. The predicted molar refractivity (Wildman–Crippen MR) is 98.2 cm³/mol. The van der Waals surface area contributed by atoms with Crippen molar-refractivity contribution in [1.82, 2.24) is 0 Å². The SMILES string of the molecule is CCOC(=O)N1c2ccccc2C(=O)[C@@]2(C(=O)OCC)[C@@H]1CC(=O)C[C@H]2OC. The fourth-order valence-electron chi connectivity index (χ4n) is 4.20. The molecule has 1 aliphatic carbocycles. The molecule has 0 bridgehead atoms. The molecule has 0 aromatic heterocycles. The molecular weight excluding hydrogens is 366 g/mol. The molecule has 0 unspecified atom stereocenters. The van der Waals surface area contributed by atoms with E-state index >= 15 is 0 Å². The minimum Gasteiger partial charge on any atom is -0.465 e. The van der Waals surface area contributed by atoms with Gasteiger partial charge in [-0.15, -0.1) is 0 Å². The summed E-state index contributed by atoms with van der Waals surface area (Å²) in [5, 5.41) is 0. The first-order chi connectivity index (χ1) is 13.4. The van der Waals surface area contributed by atoms with Gasteiger partial charge in [0.25, 0.3) is 0 Å². The van der Waals surface area contributed by atoms with Crippen molar-refractivity contribution in [2.24, 2.45) is 5.41 Å². The van der Waals surface area contributed by atoms with Crippen LogP contribution in [0.25, 0.3) is 0 Å². The van der Waals surface area contributed by atoms with Gasteiger partial charge >= 0.3 is 12.1 Å². The Kier molecular flexibility index (Phi) is 5.51. The number of Topliss-reactive ketones (excluding diaryl/α,β-unsaturated/α-hetero) is 2. The Labute approximate surface area is 162 Å². The lowest BCUT2D eigenvalue weighted by molar-refractivity contribution is -0.165. The van der Waals surface area contributed by atoms with Gasteiger partial charge in [-0.25, -0.2) is 4.79 Å². The molecule has 8 heteroatoms. The van der Waals surface area contributed by atoms with E-state index in [2.05, 4.69) is 0 Å². The summed E-state index contributed by atoms with van der Waals surface area (Å²) >= 11 is 0. The van der Waals surface area contributed by atoms with Crippen LogP contribution in [0.3, 0.4) is 0 Å². The van der Waals surface area contributed by atoms with Crippen molar-refractivity contribution >= 4 is 29.3 Å². The Balaban J connectivity index is 2.30. The van der Waals surface area contributed by atoms with Crippen LogP contribution in [0.4, 0.5) is 10.5 Å². The number of fused-ring (bicyclic) bond motifs is 2. The molecule has 2 aliphatic rings. The number of benzene rings is 1. The van der Waals surface area contributed by atoms with Crippen molar-refractivity contribution in [2.75, 3.05) is 25.2 Å². The molecule has 8 nitrogen and oxygen atoms in total. The zero-order chi connectivity index (χ0) is 20.5. The number of esters is 1. The monoisotopic (exact) mass is 389 g/mol. The topological polar surface area (TPSA) is 99.2 Å². The number of anilines is 1. The molecule has 0 spiro atoms. The fourth-order valence-corrected chi connectivity index (χ4v) is 4.20. The van der Waals surface area contributed by atoms with Crippen molar-refractivity contribution in [3.05, 3.63) is 29.8 Å². The Morgan fingerprint density at radius 3 is 2.43 bits per heavy atom. The number of hydrogen-bond acceptors (Lipinski definition) is 7. The van der Waals surface area contributed by atoms with Crippen LogP contribution in [-0.2, 0) is 23.8 Å². The summed E-state index contributed by atoms with van der Waals surface area (Å²) in [5.74, 6) is -1.52. The number of hydrogen-bond donors (Lipinski definition) is 0. The van der Waals surface area contributed by atoms with E-state index in [9.17, 15) is 19.2 Å². The largest absolute Gasteiger partial charge is 0.465 e. The summed E-state index contributed by atoms with van der Waals surface area (Å²) in [6.07, 6.45) is -2.06. The average molecular weight is 389 g/mol. The lowest BCUT2D eigenvalue weighted by Gasteiger charge is -2.51.